The molecule has 2 aliphatic heterocycles. The lowest BCUT2D eigenvalue weighted by Gasteiger charge is -2.41. The number of anilines is 1. The van der Waals surface area contributed by atoms with Crippen molar-refractivity contribution < 1.29 is 29.2 Å². The number of hydrogen-bond acceptors (Lipinski definition) is 7. The third-order valence-corrected chi connectivity index (χ3v) is 6.56. The maximum absolute atomic E-state index is 11.7. The van der Waals surface area contributed by atoms with E-state index in [0.29, 0.717) is 24.3 Å². The van der Waals surface area contributed by atoms with Crippen LogP contribution in [0, 0.1) is 11.3 Å². The lowest BCUT2D eigenvalue weighted by Crippen LogP contribution is -2.53. The highest BCUT2D eigenvalue weighted by Crippen LogP contribution is 2.35. The number of hydrogen-bond donors (Lipinski definition) is 2. The molecule has 3 atom stereocenters. The van der Waals surface area contributed by atoms with Gasteiger partial charge in [0.25, 0.3) is 0 Å². The highest BCUT2D eigenvalue weighted by Gasteiger charge is 2.40. The SMILES string of the molecule is COCCCN1CCOc2ccc(CO[C@H]3CN(C(=O)O)C[C@@H](O)[C@@H]3c3ccccc3C#N)cc21. The summed E-state index contributed by atoms with van der Waals surface area (Å²) in [5.41, 5.74) is 3.03. The minimum absolute atomic E-state index is 0.0355. The van der Waals surface area contributed by atoms with Crippen molar-refractivity contribution >= 4 is 11.8 Å². The number of nitriles is 1. The first kappa shape index (κ1) is 24.8. The molecule has 4 rings (SSSR count). The molecule has 0 unspecified atom stereocenters. The normalized spacial score (nSPS) is 21.7. The number of aliphatic hydroxyl groups is 1. The van der Waals surface area contributed by atoms with Crippen molar-refractivity contribution in [2.24, 2.45) is 0 Å². The fourth-order valence-electron chi connectivity index (χ4n) is 4.85. The molecule has 0 saturated carbocycles. The van der Waals surface area contributed by atoms with Crippen molar-refractivity contribution in [3.05, 3.63) is 59.2 Å². The van der Waals surface area contributed by atoms with Crippen LogP contribution in [0.2, 0.25) is 0 Å². The number of amides is 1. The van der Waals surface area contributed by atoms with Crippen molar-refractivity contribution in [1.82, 2.24) is 4.90 Å². The van der Waals surface area contributed by atoms with E-state index in [1.165, 1.54) is 4.90 Å². The second kappa shape index (κ2) is 11.4. The van der Waals surface area contributed by atoms with E-state index in [1.54, 1.807) is 25.3 Å². The Balaban J connectivity index is 1.54. The number of rotatable bonds is 8. The summed E-state index contributed by atoms with van der Waals surface area (Å²) in [6, 6.07) is 15.2. The summed E-state index contributed by atoms with van der Waals surface area (Å²) < 4.78 is 17.3. The van der Waals surface area contributed by atoms with Gasteiger partial charge in [0.2, 0.25) is 0 Å². The molecule has 2 heterocycles. The fourth-order valence-corrected chi connectivity index (χ4v) is 4.85. The van der Waals surface area contributed by atoms with E-state index < -0.39 is 24.2 Å². The van der Waals surface area contributed by atoms with Crippen LogP contribution in [0.4, 0.5) is 10.5 Å². The van der Waals surface area contributed by atoms with Crippen LogP contribution in [0.3, 0.4) is 0 Å². The van der Waals surface area contributed by atoms with Crippen LogP contribution in [-0.2, 0) is 16.1 Å². The lowest BCUT2D eigenvalue weighted by atomic mass is 9.82. The molecule has 1 fully saturated rings. The standard InChI is InChI=1S/C26H31N3O6/c1-33-11-4-9-28-10-12-34-23-8-7-18(13-21(23)28)17-35-24-16-29(26(31)32)15-22(30)25(24)20-6-3-2-5-19(20)14-27/h2-3,5-8,13,22,24-25,30H,4,9-12,15-17H2,1H3,(H,31,32)/t22-,24+,25+/m1/s1. The van der Waals surface area contributed by atoms with Crippen LogP contribution in [0.25, 0.3) is 0 Å². The zero-order valence-electron chi connectivity index (χ0n) is 19.8. The van der Waals surface area contributed by atoms with Crippen LogP contribution in [0.1, 0.15) is 29.0 Å². The molecule has 1 saturated heterocycles. The number of ether oxygens (including phenoxy) is 3. The van der Waals surface area contributed by atoms with Crippen LogP contribution in [0.15, 0.2) is 42.5 Å². The van der Waals surface area contributed by atoms with Gasteiger partial charge in [-0.05, 0) is 35.7 Å². The molecule has 186 valence electrons. The van der Waals surface area contributed by atoms with Gasteiger partial charge in [-0.2, -0.15) is 5.26 Å². The molecule has 0 spiro atoms. The van der Waals surface area contributed by atoms with Crippen molar-refractivity contribution in [3.8, 4) is 11.8 Å². The van der Waals surface area contributed by atoms with Crippen LogP contribution >= 0.6 is 0 Å². The topological polar surface area (TPSA) is 115 Å². The Morgan fingerprint density at radius 3 is 2.86 bits per heavy atom. The van der Waals surface area contributed by atoms with E-state index in [9.17, 15) is 20.3 Å². The van der Waals surface area contributed by atoms with E-state index in [1.807, 2.05) is 24.3 Å². The number of carboxylic acid groups (broad SMARTS) is 1. The summed E-state index contributed by atoms with van der Waals surface area (Å²) in [6.45, 7) is 3.25. The van der Waals surface area contributed by atoms with Crippen molar-refractivity contribution in [3.63, 3.8) is 0 Å². The number of β-amino-alcohol motifs (C(OH)–C–C–N with tert-alkyl or cyclic N) is 1. The van der Waals surface area contributed by atoms with E-state index in [2.05, 4.69) is 11.0 Å². The highest BCUT2D eigenvalue weighted by molar-refractivity contribution is 5.65. The molecular formula is C26H31N3O6. The zero-order chi connectivity index (χ0) is 24.8. The molecule has 35 heavy (non-hydrogen) atoms. The molecule has 1 amide bonds. The van der Waals surface area contributed by atoms with Crippen molar-refractivity contribution in [1.29, 1.82) is 5.26 Å². The zero-order valence-corrected chi connectivity index (χ0v) is 19.8. The highest BCUT2D eigenvalue weighted by atomic mass is 16.5. The van der Waals surface area contributed by atoms with Gasteiger partial charge in [-0.25, -0.2) is 4.79 Å². The first-order valence-electron chi connectivity index (χ1n) is 11.8. The second-order valence-corrected chi connectivity index (χ2v) is 8.81. The quantitative estimate of drug-likeness (QED) is 0.553. The molecule has 2 aromatic rings. The third-order valence-electron chi connectivity index (χ3n) is 6.56. The predicted octanol–water partition coefficient (Wildman–Crippen LogP) is 2.82. The molecule has 2 aromatic carbocycles. The maximum atomic E-state index is 11.7. The Hall–Kier alpha value is -3.32. The van der Waals surface area contributed by atoms with Gasteiger partial charge in [0.15, 0.2) is 0 Å². The summed E-state index contributed by atoms with van der Waals surface area (Å²) in [4.78, 5) is 15.1. The monoisotopic (exact) mass is 481 g/mol. The summed E-state index contributed by atoms with van der Waals surface area (Å²) in [5.74, 6) is 0.302. The third kappa shape index (κ3) is 5.68. The predicted molar refractivity (Wildman–Crippen MR) is 129 cm³/mol. The number of nitrogens with zero attached hydrogens (tertiary/aromatic N) is 3. The minimum atomic E-state index is -1.11. The summed E-state index contributed by atoms with van der Waals surface area (Å²) in [6.07, 6.45) is -1.81. The molecule has 2 N–H and O–H groups in total. The number of benzene rings is 2. The van der Waals surface area contributed by atoms with E-state index in [-0.39, 0.29) is 19.7 Å². The molecule has 9 heteroatoms. The van der Waals surface area contributed by atoms with Gasteiger partial charge in [0, 0.05) is 26.2 Å². The first-order chi connectivity index (χ1) is 17.0. The van der Waals surface area contributed by atoms with Gasteiger partial charge in [-0.3, -0.25) is 0 Å². The van der Waals surface area contributed by atoms with E-state index in [4.69, 9.17) is 14.2 Å². The Kier molecular flexibility index (Phi) is 8.08. The molecule has 9 nitrogen and oxygen atoms in total. The van der Waals surface area contributed by atoms with Crippen molar-refractivity contribution in [2.45, 2.75) is 31.2 Å². The largest absolute Gasteiger partial charge is 0.490 e. The minimum Gasteiger partial charge on any atom is -0.490 e. The number of carbonyl (C=O) groups is 1. The number of fused-ring (bicyclic) bond motifs is 1. The smallest absolute Gasteiger partial charge is 0.407 e. The Labute approximate surface area is 205 Å². The van der Waals surface area contributed by atoms with Gasteiger partial charge in [-0.1, -0.05) is 24.3 Å². The first-order valence-corrected chi connectivity index (χ1v) is 11.8. The fraction of sp³-hybridized carbons (Fsp3) is 0.462. The molecule has 0 aliphatic carbocycles. The Morgan fingerprint density at radius 2 is 2.09 bits per heavy atom. The molecule has 0 bridgehead atoms. The molecule has 0 aromatic heterocycles. The van der Waals surface area contributed by atoms with Crippen molar-refractivity contribution in [2.75, 3.05) is 51.4 Å². The molecule has 0 radical (unpaired) electrons. The Morgan fingerprint density at radius 1 is 1.26 bits per heavy atom. The number of piperidine rings is 1. The van der Waals surface area contributed by atoms with Gasteiger partial charge in [-0.15, -0.1) is 0 Å². The summed E-state index contributed by atoms with van der Waals surface area (Å²) >= 11 is 0. The van der Waals surface area contributed by atoms with Crippen LogP contribution in [-0.4, -0.2) is 79.9 Å². The summed E-state index contributed by atoms with van der Waals surface area (Å²) in [7, 11) is 1.69. The lowest BCUT2D eigenvalue weighted by molar-refractivity contribution is -0.0660. The molecular weight excluding hydrogens is 450 g/mol. The van der Waals surface area contributed by atoms with Gasteiger partial charge < -0.3 is 34.2 Å². The number of likely N-dealkylation sites (tertiary alicyclic amines) is 1. The van der Waals surface area contributed by atoms with Gasteiger partial charge in [0.05, 0.1) is 55.8 Å². The average Bonchev–Trinajstić information content (AvgIpc) is 2.87. The Bertz CT molecular complexity index is 1070. The second-order valence-electron chi connectivity index (χ2n) is 8.81. The molecule has 2 aliphatic rings. The van der Waals surface area contributed by atoms with Gasteiger partial charge in [0.1, 0.15) is 12.4 Å². The number of methoxy groups -OCH3 is 1. The maximum Gasteiger partial charge on any atom is 0.407 e. The van der Waals surface area contributed by atoms with Gasteiger partial charge >= 0.3 is 6.09 Å². The van der Waals surface area contributed by atoms with Crippen LogP contribution in [0.5, 0.6) is 5.75 Å². The average molecular weight is 482 g/mol. The number of aliphatic hydroxyl groups excluding tert-OH is 1. The van der Waals surface area contributed by atoms with Crippen LogP contribution < -0.4 is 9.64 Å². The van der Waals surface area contributed by atoms with E-state index in [0.717, 1.165) is 36.5 Å². The summed E-state index contributed by atoms with van der Waals surface area (Å²) in [5, 5.41) is 30.0. The van der Waals surface area contributed by atoms with E-state index >= 15 is 0 Å².